The minimum atomic E-state index is -0.301. The Morgan fingerprint density at radius 3 is 2.35 bits per heavy atom. The molecular formula is C12H21N3O2. The molecule has 2 rings (SSSR count). The van der Waals surface area contributed by atoms with Crippen LogP contribution in [0.15, 0.2) is 0 Å². The Kier molecular flexibility index (Phi) is 3.99. The molecule has 2 amide bonds. The number of hydrogen-bond donors (Lipinski definition) is 3. The van der Waals surface area contributed by atoms with Crippen LogP contribution in [-0.2, 0) is 9.59 Å². The van der Waals surface area contributed by atoms with Crippen LogP contribution in [0.25, 0.3) is 0 Å². The van der Waals surface area contributed by atoms with E-state index in [0.717, 1.165) is 25.7 Å². The molecule has 3 N–H and O–H groups in total. The van der Waals surface area contributed by atoms with E-state index < -0.39 is 0 Å². The molecule has 1 aliphatic heterocycles. The summed E-state index contributed by atoms with van der Waals surface area (Å²) in [6.07, 6.45) is 5.38. The molecule has 0 radical (unpaired) electrons. The molecule has 1 atom stereocenters. The highest BCUT2D eigenvalue weighted by molar-refractivity contribution is 5.90. The number of rotatable bonds is 3. The molecular weight excluding hydrogens is 218 g/mol. The quantitative estimate of drug-likeness (QED) is 0.645. The molecule has 2 aliphatic rings. The average molecular weight is 239 g/mol. The van der Waals surface area contributed by atoms with Crippen LogP contribution in [0.1, 0.15) is 38.5 Å². The van der Waals surface area contributed by atoms with Crippen LogP contribution in [0.2, 0.25) is 0 Å². The summed E-state index contributed by atoms with van der Waals surface area (Å²) in [7, 11) is 1.98. The first-order valence-corrected chi connectivity index (χ1v) is 6.46. The summed E-state index contributed by atoms with van der Waals surface area (Å²) in [6, 6.07) is 0.573. The maximum absolute atomic E-state index is 11.9. The summed E-state index contributed by atoms with van der Waals surface area (Å²) in [4.78, 5) is 22.9. The van der Waals surface area contributed by atoms with E-state index in [2.05, 4.69) is 16.0 Å². The molecule has 0 aromatic heterocycles. The largest absolute Gasteiger partial charge is 0.352 e. The van der Waals surface area contributed by atoms with Crippen LogP contribution in [0.4, 0.5) is 0 Å². The standard InChI is InChI=1S/C12H21N3O2/c1-13-8-2-4-9(5-3-8)14-12(17)10-6-7-11(16)15-10/h8-10,13H,2-7H2,1H3,(H,14,17)(H,15,16)/t8?,9?,10-/m1/s1. The van der Waals surface area contributed by atoms with E-state index in [1.165, 1.54) is 0 Å². The highest BCUT2D eigenvalue weighted by Gasteiger charge is 2.29. The van der Waals surface area contributed by atoms with E-state index in [-0.39, 0.29) is 23.9 Å². The van der Waals surface area contributed by atoms with E-state index in [4.69, 9.17) is 0 Å². The van der Waals surface area contributed by atoms with Crippen molar-refractivity contribution in [2.24, 2.45) is 0 Å². The molecule has 0 aromatic carbocycles. The molecule has 1 aliphatic carbocycles. The molecule has 0 bridgehead atoms. The van der Waals surface area contributed by atoms with Crippen molar-refractivity contribution in [1.82, 2.24) is 16.0 Å². The van der Waals surface area contributed by atoms with Gasteiger partial charge in [-0.15, -0.1) is 0 Å². The smallest absolute Gasteiger partial charge is 0.242 e. The second-order valence-electron chi connectivity index (χ2n) is 5.00. The van der Waals surface area contributed by atoms with Gasteiger partial charge in [0.05, 0.1) is 0 Å². The highest BCUT2D eigenvalue weighted by atomic mass is 16.2. The normalized spacial score (nSPS) is 33.2. The third-order valence-electron chi connectivity index (χ3n) is 3.79. The summed E-state index contributed by atoms with van der Waals surface area (Å²) in [5.74, 6) is -0.0206. The van der Waals surface area contributed by atoms with Gasteiger partial charge in [-0.05, 0) is 39.2 Å². The fourth-order valence-electron chi connectivity index (χ4n) is 2.64. The molecule has 1 saturated heterocycles. The van der Waals surface area contributed by atoms with E-state index in [1.54, 1.807) is 0 Å². The van der Waals surface area contributed by atoms with Crippen LogP contribution < -0.4 is 16.0 Å². The zero-order chi connectivity index (χ0) is 12.3. The topological polar surface area (TPSA) is 70.2 Å². The van der Waals surface area contributed by atoms with Gasteiger partial charge < -0.3 is 16.0 Å². The number of carbonyl (C=O) groups is 2. The van der Waals surface area contributed by atoms with Gasteiger partial charge in [0.2, 0.25) is 11.8 Å². The molecule has 5 heteroatoms. The van der Waals surface area contributed by atoms with Gasteiger partial charge in [0, 0.05) is 18.5 Å². The Bertz CT molecular complexity index is 298. The molecule has 1 heterocycles. The predicted molar refractivity (Wildman–Crippen MR) is 64.4 cm³/mol. The molecule has 0 aromatic rings. The zero-order valence-corrected chi connectivity index (χ0v) is 10.3. The SMILES string of the molecule is CNC1CCC(NC(=O)[C@H]2CCC(=O)N2)CC1. The fraction of sp³-hybridized carbons (Fsp3) is 0.833. The molecule has 0 spiro atoms. The number of hydrogen-bond acceptors (Lipinski definition) is 3. The van der Waals surface area contributed by atoms with Gasteiger partial charge in [-0.25, -0.2) is 0 Å². The minimum absolute atomic E-state index is 0.0101. The van der Waals surface area contributed by atoms with Crippen LogP contribution in [0.5, 0.6) is 0 Å². The van der Waals surface area contributed by atoms with Crippen LogP contribution in [0, 0.1) is 0 Å². The summed E-state index contributed by atoms with van der Waals surface area (Å²) in [5, 5.41) is 9.01. The Morgan fingerprint density at radius 1 is 1.18 bits per heavy atom. The first kappa shape index (κ1) is 12.4. The first-order chi connectivity index (χ1) is 8.19. The van der Waals surface area contributed by atoms with Crippen LogP contribution in [-0.4, -0.2) is 37.0 Å². The highest BCUT2D eigenvalue weighted by Crippen LogP contribution is 2.18. The van der Waals surface area contributed by atoms with Gasteiger partial charge in [0.1, 0.15) is 6.04 Å². The number of amides is 2. The van der Waals surface area contributed by atoms with Crippen LogP contribution in [0.3, 0.4) is 0 Å². The maximum Gasteiger partial charge on any atom is 0.242 e. The van der Waals surface area contributed by atoms with Crippen LogP contribution >= 0.6 is 0 Å². The van der Waals surface area contributed by atoms with Crippen molar-refractivity contribution in [3.05, 3.63) is 0 Å². The first-order valence-electron chi connectivity index (χ1n) is 6.46. The van der Waals surface area contributed by atoms with Gasteiger partial charge in [-0.3, -0.25) is 9.59 Å². The Balaban J connectivity index is 1.74. The maximum atomic E-state index is 11.9. The second kappa shape index (κ2) is 5.49. The summed E-state index contributed by atoms with van der Waals surface area (Å²) in [6.45, 7) is 0. The van der Waals surface area contributed by atoms with Crippen molar-refractivity contribution in [2.75, 3.05) is 7.05 Å². The third-order valence-corrected chi connectivity index (χ3v) is 3.79. The second-order valence-corrected chi connectivity index (χ2v) is 5.00. The van der Waals surface area contributed by atoms with E-state index in [1.807, 2.05) is 7.05 Å². The lowest BCUT2D eigenvalue weighted by atomic mass is 9.91. The average Bonchev–Trinajstić information content (AvgIpc) is 2.77. The lowest BCUT2D eigenvalue weighted by molar-refractivity contribution is -0.126. The van der Waals surface area contributed by atoms with Crippen molar-refractivity contribution in [1.29, 1.82) is 0 Å². The van der Waals surface area contributed by atoms with Gasteiger partial charge in [-0.1, -0.05) is 0 Å². The molecule has 17 heavy (non-hydrogen) atoms. The third kappa shape index (κ3) is 3.19. The van der Waals surface area contributed by atoms with E-state index >= 15 is 0 Å². The molecule has 2 fully saturated rings. The monoisotopic (exact) mass is 239 g/mol. The van der Waals surface area contributed by atoms with Crippen molar-refractivity contribution < 1.29 is 9.59 Å². The van der Waals surface area contributed by atoms with Gasteiger partial charge in [0.15, 0.2) is 0 Å². The summed E-state index contributed by atoms with van der Waals surface area (Å²) in [5.41, 5.74) is 0. The molecule has 96 valence electrons. The lowest BCUT2D eigenvalue weighted by Crippen LogP contribution is -2.48. The van der Waals surface area contributed by atoms with E-state index in [0.29, 0.717) is 18.9 Å². The van der Waals surface area contributed by atoms with Crippen molar-refractivity contribution in [2.45, 2.75) is 56.7 Å². The van der Waals surface area contributed by atoms with E-state index in [9.17, 15) is 9.59 Å². The summed E-state index contributed by atoms with van der Waals surface area (Å²) < 4.78 is 0. The Morgan fingerprint density at radius 2 is 1.82 bits per heavy atom. The zero-order valence-electron chi connectivity index (χ0n) is 10.3. The van der Waals surface area contributed by atoms with Crippen molar-refractivity contribution in [3.63, 3.8) is 0 Å². The minimum Gasteiger partial charge on any atom is -0.352 e. The van der Waals surface area contributed by atoms with Gasteiger partial charge in [0.25, 0.3) is 0 Å². The van der Waals surface area contributed by atoms with Crippen molar-refractivity contribution in [3.8, 4) is 0 Å². The summed E-state index contributed by atoms with van der Waals surface area (Å²) >= 11 is 0. The Labute approximate surface area is 102 Å². The molecule has 1 saturated carbocycles. The number of nitrogens with one attached hydrogen (secondary N) is 3. The number of carbonyl (C=O) groups excluding carboxylic acids is 2. The predicted octanol–water partition coefficient (Wildman–Crippen LogP) is -0.0882. The van der Waals surface area contributed by atoms with Crippen molar-refractivity contribution >= 4 is 11.8 Å². The molecule has 5 nitrogen and oxygen atoms in total. The Hall–Kier alpha value is -1.10. The molecule has 0 unspecified atom stereocenters. The fourth-order valence-corrected chi connectivity index (χ4v) is 2.64. The lowest BCUT2D eigenvalue weighted by Gasteiger charge is -2.29. The van der Waals surface area contributed by atoms with Gasteiger partial charge in [-0.2, -0.15) is 0 Å². The van der Waals surface area contributed by atoms with Gasteiger partial charge >= 0.3 is 0 Å².